The fraction of sp³-hybridized carbons (Fsp3) is 0.308. The highest BCUT2D eigenvalue weighted by Crippen LogP contribution is 2.24. The van der Waals surface area contributed by atoms with Crippen molar-refractivity contribution in [3.63, 3.8) is 0 Å². The first-order valence-electron chi connectivity index (χ1n) is 11.5. The van der Waals surface area contributed by atoms with Gasteiger partial charge in [0.05, 0.1) is 24.7 Å². The number of hydrogen-bond donors (Lipinski definition) is 1. The minimum atomic E-state index is -0.792. The second kappa shape index (κ2) is 12.6. The summed E-state index contributed by atoms with van der Waals surface area (Å²) in [6.07, 6.45) is 1.84. The maximum Gasteiger partial charge on any atom is 0.306 e. The van der Waals surface area contributed by atoms with Crippen LogP contribution in [-0.2, 0) is 25.5 Å². The van der Waals surface area contributed by atoms with Crippen molar-refractivity contribution in [1.29, 1.82) is 0 Å². The standard InChI is InChI=1S/C26H27F2N3O5/c1-3-12-31(15-23(32)30-21-7-5-4-6-17(21)2)25(33)16-35-26(34)11-10-24-29-14-22(36-24)19-9-8-18(27)13-20(19)28/h4-9,13-14H,3,10-12,15-16H2,1-2H3,(H,30,32). The van der Waals surface area contributed by atoms with Crippen molar-refractivity contribution >= 4 is 23.5 Å². The van der Waals surface area contributed by atoms with E-state index in [2.05, 4.69) is 10.3 Å². The van der Waals surface area contributed by atoms with Gasteiger partial charge in [-0.3, -0.25) is 14.4 Å². The molecule has 36 heavy (non-hydrogen) atoms. The molecule has 2 aromatic carbocycles. The van der Waals surface area contributed by atoms with Crippen molar-refractivity contribution in [3.05, 3.63) is 71.8 Å². The number of carbonyl (C=O) groups is 3. The number of benzene rings is 2. The van der Waals surface area contributed by atoms with E-state index < -0.39 is 30.1 Å². The highest BCUT2D eigenvalue weighted by Gasteiger charge is 2.19. The van der Waals surface area contributed by atoms with Gasteiger partial charge in [0.25, 0.3) is 5.91 Å². The molecule has 1 N–H and O–H groups in total. The first kappa shape index (κ1) is 26.5. The summed E-state index contributed by atoms with van der Waals surface area (Å²) in [6.45, 7) is 3.39. The normalized spacial score (nSPS) is 10.7. The number of rotatable bonds is 11. The van der Waals surface area contributed by atoms with E-state index in [4.69, 9.17) is 9.15 Å². The highest BCUT2D eigenvalue weighted by molar-refractivity contribution is 5.95. The summed E-state index contributed by atoms with van der Waals surface area (Å²) in [5, 5.41) is 2.78. The van der Waals surface area contributed by atoms with Crippen LogP contribution >= 0.6 is 0 Å². The van der Waals surface area contributed by atoms with E-state index in [1.165, 1.54) is 17.2 Å². The van der Waals surface area contributed by atoms with E-state index in [1.807, 2.05) is 26.0 Å². The molecule has 10 heteroatoms. The van der Waals surface area contributed by atoms with E-state index >= 15 is 0 Å². The van der Waals surface area contributed by atoms with Crippen LogP contribution < -0.4 is 5.32 Å². The second-order valence-electron chi connectivity index (χ2n) is 8.08. The average Bonchev–Trinajstić information content (AvgIpc) is 3.31. The number of para-hydroxylation sites is 1. The number of nitrogens with one attached hydrogen (secondary N) is 1. The van der Waals surface area contributed by atoms with Crippen LogP contribution in [0.2, 0.25) is 0 Å². The molecule has 3 rings (SSSR count). The molecule has 0 saturated heterocycles. The van der Waals surface area contributed by atoms with Crippen LogP contribution in [0.1, 0.15) is 31.2 Å². The Labute approximate surface area is 207 Å². The molecule has 0 aliphatic rings. The monoisotopic (exact) mass is 499 g/mol. The zero-order valence-electron chi connectivity index (χ0n) is 20.1. The number of halogens is 2. The first-order valence-corrected chi connectivity index (χ1v) is 11.5. The maximum atomic E-state index is 13.9. The zero-order valence-corrected chi connectivity index (χ0v) is 20.1. The summed E-state index contributed by atoms with van der Waals surface area (Å²) >= 11 is 0. The lowest BCUT2D eigenvalue weighted by atomic mass is 10.2. The highest BCUT2D eigenvalue weighted by atomic mass is 19.1. The molecule has 0 unspecified atom stereocenters. The number of carbonyl (C=O) groups excluding carboxylic acids is 3. The molecule has 8 nitrogen and oxygen atoms in total. The Balaban J connectivity index is 1.47. The van der Waals surface area contributed by atoms with Gasteiger partial charge in [-0.05, 0) is 37.1 Å². The van der Waals surface area contributed by atoms with Gasteiger partial charge in [-0.25, -0.2) is 13.8 Å². The number of hydrogen-bond acceptors (Lipinski definition) is 6. The summed E-state index contributed by atoms with van der Waals surface area (Å²) in [7, 11) is 0. The molecule has 190 valence electrons. The topological polar surface area (TPSA) is 102 Å². The van der Waals surface area contributed by atoms with Gasteiger partial charge in [0.1, 0.15) is 11.6 Å². The summed E-state index contributed by atoms with van der Waals surface area (Å²) < 4.78 is 37.5. The third-order valence-electron chi connectivity index (χ3n) is 5.25. The Morgan fingerprint density at radius 3 is 2.64 bits per heavy atom. The van der Waals surface area contributed by atoms with Gasteiger partial charge in [0.15, 0.2) is 18.3 Å². The molecule has 2 amide bonds. The van der Waals surface area contributed by atoms with Crippen LogP contribution in [0, 0.1) is 18.6 Å². The lowest BCUT2D eigenvalue weighted by Gasteiger charge is -2.21. The van der Waals surface area contributed by atoms with E-state index in [0.717, 1.165) is 17.7 Å². The molecule has 0 aliphatic heterocycles. The number of nitrogens with zero attached hydrogens (tertiary/aromatic N) is 2. The zero-order chi connectivity index (χ0) is 26.1. The smallest absolute Gasteiger partial charge is 0.306 e. The Bertz CT molecular complexity index is 1230. The number of anilines is 1. The number of ether oxygens (including phenoxy) is 1. The van der Waals surface area contributed by atoms with Gasteiger partial charge in [0.2, 0.25) is 5.91 Å². The minimum absolute atomic E-state index is 0.0470. The summed E-state index contributed by atoms with van der Waals surface area (Å²) in [4.78, 5) is 42.4. The molecular formula is C26H27F2N3O5. The van der Waals surface area contributed by atoms with Crippen molar-refractivity contribution < 1.29 is 32.3 Å². The molecule has 1 aromatic heterocycles. The molecule has 0 saturated carbocycles. The van der Waals surface area contributed by atoms with E-state index in [0.29, 0.717) is 18.7 Å². The first-order chi connectivity index (χ1) is 17.3. The van der Waals surface area contributed by atoms with Crippen molar-refractivity contribution in [2.45, 2.75) is 33.1 Å². The SMILES string of the molecule is CCCN(CC(=O)Nc1ccccc1C)C(=O)COC(=O)CCc1ncc(-c2ccc(F)cc2F)o1. The van der Waals surface area contributed by atoms with Crippen LogP contribution in [0.5, 0.6) is 0 Å². The third kappa shape index (κ3) is 7.46. The van der Waals surface area contributed by atoms with Crippen molar-refractivity contribution in [2.24, 2.45) is 0 Å². The fourth-order valence-electron chi connectivity index (χ4n) is 3.39. The lowest BCUT2D eigenvalue weighted by molar-refractivity contribution is -0.152. The largest absolute Gasteiger partial charge is 0.456 e. The molecular weight excluding hydrogens is 472 g/mol. The van der Waals surface area contributed by atoms with Gasteiger partial charge >= 0.3 is 5.97 Å². The van der Waals surface area contributed by atoms with Gasteiger partial charge in [-0.2, -0.15) is 0 Å². The Morgan fingerprint density at radius 2 is 1.92 bits per heavy atom. The third-order valence-corrected chi connectivity index (χ3v) is 5.25. The molecule has 0 bridgehead atoms. The van der Waals surface area contributed by atoms with Gasteiger partial charge < -0.3 is 19.4 Å². The van der Waals surface area contributed by atoms with Crippen molar-refractivity contribution in [2.75, 3.05) is 25.0 Å². The predicted octanol–water partition coefficient (Wildman–Crippen LogP) is 4.28. The molecule has 0 atom stereocenters. The number of esters is 1. The van der Waals surface area contributed by atoms with Crippen LogP contribution in [0.25, 0.3) is 11.3 Å². The molecule has 0 aliphatic carbocycles. The minimum Gasteiger partial charge on any atom is -0.456 e. The number of amides is 2. The number of oxazole rings is 1. The second-order valence-corrected chi connectivity index (χ2v) is 8.08. The van der Waals surface area contributed by atoms with Gasteiger partial charge in [0, 0.05) is 24.7 Å². The summed E-state index contributed by atoms with van der Waals surface area (Å²) in [5.41, 5.74) is 1.61. The van der Waals surface area contributed by atoms with Gasteiger partial charge in [-0.1, -0.05) is 25.1 Å². The molecule has 0 radical (unpaired) electrons. The number of aryl methyl sites for hydroxylation is 2. The van der Waals surface area contributed by atoms with Crippen LogP contribution in [-0.4, -0.2) is 47.4 Å². The van der Waals surface area contributed by atoms with Crippen molar-refractivity contribution in [1.82, 2.24) is 9.88 Å². The Kier molecular flexibility index (Phi) is 9.26. The predicted molar refractivity (Wildman–Crippen MR) is 128 cm³/mol. The average molecular weight is 500 g/mol. The van der Waals surface area contributed by atoms with Crippen molar-refractivity contribution in [3.8, 4) is 11.3 Å². The van der Waals surface area contributed by atoms with E-state index in [9.17, 15) is 23.2 Å². The maximum absolute atomic E-state index is 13.9. The van der Waals surface area contributed by atoms with Crippen LogP contribution in [0.4, 0.5) is 14.5 Å². The molecule has 3 aromatic rings. The van der Waals surface area contributed by atoms with E-state index in [1.54, 1.807) is 12.1 Å². The quantitative estimate of drug-likeness (QED) is 0.395. The van der Waals surface area contributed by atoms with Gasteiger partial charge in [-0.15, -0.1) is 0 Å². The Hall–Kier alpha value is -4.08. The van der Waals surface area contributed by atoms with Crippen LogP contribution in [0.3, 0.4) is 0 Å². The fourth-order valence-corrected chi connectivity index (χ4v) is 3.39. The Morgan fingerprint density at radius 1 is 1.14 bits per heavy atom. The van der Waals surface area contributed by atoms with Crippen LogP contribution in [0.15, 0.2) is 53.1 Å². The summed E-state index contributed by atoms with van der Waals surface area (Å²) in [6, 6.07) is 10.4. The molecule has 0 fully saturated rings. The number of aromatic nitrogens is 1. The van der Waals surface area contributed by atoms with E-state index in [-0.39, 0.29) is 42.5 Å². The lowest BCUT2D eigenvalue weighted by Crippen LogP contribution is -2.40. The molecule has 0 spiro atoms. The molecule has 1 heterocycles. The summed E-state index contributed by atoms with van der Waals surface area (Å²) in [5.74, 6) is -2.73.